The second kappa shape index (κ2) is 6.51. The van der Waals surface area contributed by atoms with Gasteiger partial charge in [-0.15, -0.1) is 0 Å². The van der Waals surface area contributed by atoms with Crippen molar-refractivity contribution in [1.29, 1.82) is 0 Å². The van der Waals surface area contributed by atoms with Crippen LogP contribution >= 0.6 is 15.9 Å². The molecule has 0 unspecified atom stereocenters. The molecule has 1 aliphatic rings. The van der Waals surface area contributed by atoms with Gasteiger partial charge in [0.25, 0.3) is 0 Å². The van der Waals surface area contributed by atoms with Gasteiger partial charge in [-0.3, -0.25) is 0 Å². The van der Waals surface area contributed by atoms with Gasteiger partial charge < -0.3 is 0 Å². The van der Waals surface area contributed by atoms with Gasteiger partial charge in [0.2, 0.25) is 0 Å². The molecule has 0 aromatic heterocycles. The molecule has 2 rings (SSSR count). The molecule has 1 aliphatic carbocycles. The monoisotopic (exact) mass is 311 g/mol. The first-order valence-corrected chi connectivity index (χ1v) is 6.09. The van der Waals surface area contributed by atoms with E-state index in [-0.39, 0.29) is 0 Å². The summed E-state index contributed by atoms with van der Waals surface area (Å²) in [6.45, 7) is 0. The van der Waals surface area contributed by atoms with E-state index >= 15 is 0 Å². The van der Waals surface area contributed by atoms with Gasteiger partial charge in [-0.2, -0.15) is 0 Å². The molecule has 0 heterocycles. The van der Waals surface area contributed by atoms with Gasteiger partial charge in [0.05, 0.1) is 0 Å². The summed E-state index contributed by atoms with van der Waals surface area (Å²) in [6, 6.07) is 9.97. The van der Waals surface area contributed by atoms with Gasteiger partial charge in [0.1, 0.15) is 0 Å². The molecule has 0 spiro atoms. The minimum absolute atomic E-state index is 1.13. The van der Waals surface area contributed by atoms with E-state index in [1.54, 1.807) is 28.0 Å². The number of hydrogen-bond donors (Lipinski definition) is 0. The zero-order valence-corrected chi connectivity index (χ0v) is 11.2. The van der Waals surface area contributed by atoms with E-state index in [0.29, 0.717) is 0 Å². The van der Waals surface area contributed by atoms with Crippen molar-refractivity contribution in [3.63, 3.8) is 0 Å². The van der Waals surface area contributed by atoms with Gasteiger partial charge in [-0.25, -0.2) is 0 Å². The molecule has 0 N–H and O–H groups in total. The molecule has 0 nitrogen and oxygen atoms in total. The van der Waals surface area contributed by atoms with E-state index in [1.807, 2.05) is 30.3 Å². The van der Waals surface area contributed by atoms with Crippen molar-refractivity contribution in [2.24, 2.45) is 0 Å². The maximum atomic E-state index is 3.31. The van der Waals surface area contributed by atoms with Crippen molar-refractivity contribution in [2.45, 2.75) is 6.42 Å². The predicted molar refractivity (Wildman–Crippen MR) is 56.0 cm³/mol. The molecule has 0 saturated heterocycles. The first kappa shape index (κ1) is 11.1. The second-order valence-corrected chi connectivity index (χ2v) is 5.11. The molecule has 0 bridgehead atoms. The van der Waals surface area contributed by atoms with E-state index in [2.05, 4.69) is 34.2 Å². The van der Waals surface area contributed by atoms with E-state index in [1.165, 1.54) is 6.42 Å². The Morgan fingerprint density at radius 2 is 1.85 bits per heavy atom. The van der Waals surface area contributed by atoms with E-state index in [9.17, 15) is 0 Å². The summed E-state index contributed by atoms with van der Waals surface area (Å²) in [5.41, 5.74) is 0. The fourth-order valence-electron chi connectivity index (χ4n) is 0.862. The van der Waals surface area contributed by atoms with Crippen LogP contribution in [0.1, 0.15) is 6.42 Å². The third-order valence-corrected chi connectivity index (χ3v) is 2.94. The van der Waals surface area contributed by atoms with Gasteiger partial charge in [0.15, 0.2) is 0 Å². The van der Waals surface area contributed by atoms with Gasteiger partial charge in [-0.05, 0) is 12.1 Å². The fourth-order valence-corrected chi connectivity index (χ4v) is 1.69. The number of allylic oxidation sites excluding steroid dienone is 4. The van der Waals surface area contributed by atoms with Crippen LogP contribution in [0.15, 0.2) is 56.3 Å². The van der Waals surface area contributed by atoms with Crippen LogP contribution in [0.3, 0.4) is 0 Å². The molecule has 0 radical (unpaired) electrons. The average molecular weight is 313 g/mol. The minimum atomic E-state index is 1.13. The summed E-state index contributed by atoms with van der Waals surface area (Å²) < 4.78 is 2.69. The van der Waals surface area contributed by atoms with Crippen molar-refractivity contribution >= 4 is 15.9 Å². The van der Waals surface area contributed by atoms with Gasteiger partial charge in [-0.1, -0.05) is 34.1 Å². The zero-order valence-electron chi connectivity index (χ0n) is 7.20. The first-order chi connectivity index (χ1) is 6.29. The molecule has 1 aromatic rings. The van der Waals surface area contributed by atoms with E-state index in [4.69, 9.17) is 0 Å². The number of rotatable bonds is 0. The topological polar surface area (TPSA) is 0 Å². The van der Waals surface area contributed by atoms with Crippen LogP contribution in [0.4, 0.5) is 0 Å². The first-order valence-electron chi connectivity index (χ1n) is 4.07. The van der Waals surface area contributed by atoms with Crippen LogP contribution in [-0.2, 0) is 24.7 Å². The quantitative estimate of drug-likeness (QED) is 0.683. The van der Waals surface area contributed by atoms with E-state index in [0.717, 1.165) is 4.47 Å². The molecule has 0 saturated carbocycles. The van der Waals surface area contributed by atoms with Crippen LogP contribution in [0, 0.1) is 0 Å². The van der Waals surface area contributed by atoms with Crippen molar-refractivity contribution < 1.29 is 24.7 Å². The molecule has 0 aliphatic heterocycles. The Bertz CT molecular complexity index is 301. The summed E-state index contributed by atoms with van der Waals surface area (Å²) in [5, 5.41) is 0. The molecular weight excluding hydrogens is 303 g/mol. The fraction of sp³-hybridized carbons (Fsp3) is 0.0909. The third kappa shape index (κ3) is 5.38. The van der Waals surface area contributed by atoms with Crippen molar-refractivity contribution in [2.75, 3.05) is 0 Å². The SMILES string of the molecule is Brc1ccccc1.[Zr][C]1=CC=CC1. The Balaban J connectivity index is 0.000000132. The molecule has 0 amide bonds. The van der Waals surface area contributed by atoms with Gasteiger partial charge >= 0.3 is 52.6 Å². The summed E-state index contributed by atoms with van der Waals surface area (Å²) in [7, 11) is 0. The normalized spacial score (nSPS) is 13.1. The Hall–Kier alpha value is 0.0631. The molecule has 0 atom stereocenters. The van der Waals surface area contributed by atoms with Crippen molar-refractivity contribution in [3.05, 3.63) is 56.3 Å². The molecule has 13 heavy (non-hydrogen) atoms. The number of benzene rings is 1. The summed E-state index contributed by atoms with van der Waals surface area (Å²) in [6.07, 6.45) is 7.69. The molecule has 1 aromatic carbocycles. The maximum absolute atomic E-state index is 3.31. The number of hydrogen-bond acceptors (Lipinski definition) is 0. The standard InChI is InChI=1S/C6H5Br.C5H5.Zr/c7-6-4-2-1-3-5-6;1-2-4-5-3-1;/h1-5H;1-3H,4H2;. The Morgan fingerprint density at radius 1 is 1.15 bits per heavy atom. The summed E-state index contributed by atoms with van der Waals surface area (Å²) in [4.78, 5) is 0. The predicted octanol–water partition coefficient (Wildman–Crippen LogP) is 3.83. The molecule has 0 fully saturated rings. The van der Waals surface area contributed by atoms with Crippen LogP contribution in [-0.4, -0.2) is 0 Å². The Labute approximate surface area is 103 Å². The molecule has 2 heteroatoms. The van der Waals surface area contributed by atoms with Crippen LogP contribution in [0.25, 0.3) is 0 Å². The summed E-state index contributed by atoms with van der Waals surface area (Å²) >= 11 is 4.88. The van der Waals surface area contributed by atoms with Crippen LogP contribution in [0.5, 0.6) is 0 Å². The van der Waals surface area contributed by atoms with Crippen molar-refractivity contribution in [3.8, 4) is 0 Å². The Morgan fingerprint density at radius 3 is 2.08 bits per heavy atom. The zero-order chi connectivity index (χ0) is 9.52. The Kier molecular flexibility index (Phi) is 5.58. The number of halogens is 1. The van der Waals surface area contributed by atoms with Gasteiger partial charge in [0, 0.05) is 4.47 Å². The second-order valence-electron chi connectivity index (χ2n) is 2.62. The third-order valence-electron chi connectivity index (χ3n) is 1.50. The average Bonchev–Trinajstić information content (AvgIpc) is 2.58. The molecule has 65 valence electrons. The van der Waals surface area contributed by atoms with Crippen LogP contribution in [0.2, 0.25) is 0 Å². The molecular formula is C11H10BrZr. The summed E-state index contributed by atoms with van der Waals surface area (Å²) in [5.74, 6) is 0. The van der Waals surface area contributed by atoms with Crippen molar-refractivity contribution in [1.82, 2.24) is 0 Å². The van der Waals surface area contributed by atoms with E-state index < -0.39 is 0 Å². The van der Waals surface area contributed by atoms with Crippen LogP contribution < -0.4 is 0 Å².